The minimum atomic E-state index is -0.138. The zero-order valence-corrected chi connectivity index (χ0v) is 10.6. The van der Waals surface area contributed by atoms with Crippen molar-refractivity contribution in [2.45, 2.75) is 45.7 Å². The van der Waals surface area contributed by atoms with Gasteiger partial charge < -0.3 is 10.5 Å². The van der Waals surface area contributed by atoms with Crippen LogP contribution in [0.5, 0.6) is 0 Å². The van der Waals surface area contributed by atoms with E-state index in [1.54, 1.807) is 0 Å². The van der Waals surface area contributed by atoms with Gasteiger partial charge in [0.05, 0.1) is 6.61 Å². The lowest BCUT2D eigenvalue weighted by molar-refractivity contribution is -0.149. The lowest BCUT2D eigenvalue weighted by atomic mass is 9.90. The Bertz CT molecular complexity index is 233. The fourth-order valence-corrected chi connectivity index (χ4v) is 2.27. The highest BCUT2D eigenvalue weighted by Gasteiger charge is 2.31. The smallest absolute Gasteiger partial charge is 0.323 e. The topological polar surface area (TPSA) is 55.6 Å². The quantitative estimate of drug-likeness (QED) is 0.729. The zero-order valence-electron chi connectivity index (χ0n) is 10.6. The Kier molecular flexibility index (Phi) is 5.22. The second kappa shape index (κ2) is 6.21. The van der Waals surface area contributed by atoms with E-state index in [4.69, 9.17) is 10.5 Å². The van der Waals surface area contributed by atoms with Crippen LogP contribution >= 0.6 is 0 Å². The number of carbonyl (C=O) groups is 1. The van der Waals surface area contributed by atoms with Crippen LogP contribution in [-0.4, -0.2) is 42.6 Å². The molecule has 0 amide bonds. The summed E-state index contributed by atoms with van der Waals surface area (Å²) in [7, 11) is 0. The Morgan fingerprint density at radius 1 is 1.56 bits per heavy atom. The molecule has 16 heavy (non-hydrogen) atoms. The third-order valence-corrected chi connectivity index (χ3v) is 3.52. The van der Waals surface area contributed by atoms with Gasteiger partial charge in [-0.2, -0.15) is 0 Å². The first-order chi connectivity index (χ1) is 7.60. The Balaban J connectivity index is 2.51. The van der Waals surface area contributed by atoms with Crippen LogP contribution < -0.4 is 5.73 Å². The summed E-state index contributed by atoms with van der Waals surface area (Å²) in [4.78, 5) is 13.8. The summed E-state index contributed by atoms with van der Waals surface area (Å²) in [6.07, 6.45) is 2.05. The standard InChI is InChI=1S/C12H24N2O2/c1-4-10-8-14(7-6-11(10)13)9(3)12(15)16-5-2/h9-11H,4-8,13H2,1-3H3. The summed E-state index contributed by atoms with van der Waals surface area (Å²) in [5, 5.41) is 0. The zero-order chi connectivity index (χ0) is 12.1. The van der Waals surface area contributed by atoms with Crippen molar-refractivity contribution in [3.8, 4) is 0 Å². The minimum Gasteiger partial charge on any atom is -0.465 e. The molecule has 0 saturated carbocycles. The molecule has 1 heterocycles. The van der Waals surface area contributed by atoms with Gasteiger partial charge in [0.2, 0.25) is 0 Å². The first-order valence-corrected chi connectivity index (χ1v) is 6.26. The lowest BCUT2D eigenvalue weighted by Crippen LogP contribution is -2.52. The molecule has 1 saturated heterocycles. The molecule has 4 nitrogen and oxygen atoms in total. The van der Waals surface area contributed by atoms with E-state index in [0.29, 0.717) is 12.5 Å². The van der Waals surface area contributed by atoms with Crippen LogP contribution in [0.3, 0.4) is 0 Å². The fourth-order valence-electron chi connectivity index (χ4n) is 2.27. The molecule has 0 aromatic heterocycles. The summed E-state index contributed by atoms with van der Waals surface area (Å²) < 4.78 is 5.04. The van der Waals surface area contributed by atoms with E-state index < -0.39 is 0 Å². The number of hydrogen-bond acceptors (Lipinski definition) is 4. The van der Waals surface area contributed by atoms with Gasteiger partial charge in [-0.15, -0.1) is 0 Å². The molecule has 0 spiro atoms. The summed E-state index contributed by atoms with van der Waals surface area (Å²) >= 11 is 0. The second-order valence-corrected chi connectivity index (χ2v) is 4.54. The Morgan fingerprint density at radius 2 is 2.25 bits per heavy atom. The molecule has 2 N–H and O–H groups in total. The molecule has 3 unspecified atom stereocenters. The molecule has 94 valence electrons. The number of nitrogens with zero attached hydrogens (tertiary/aromatic N) is 1. The largest absolute Gasteiger partial charge is 0.465 e. The molecule has 0 aromatic rings. The number of hydrogen-bond donors (Lipinski definition) is 1. The highest BCUT2D eigenvalue weighted by atomic mass is 16.5. The van der Waals surface area contributed by atoms with E-state index in [0.717, 1.165) is 25.9 Å². The van der Waals surface area contributed by atoms with Gasteiger partial charge >= 0.3 is 5.97 Å². The SMILES string of the molecule is CCOC(=O)C(C)N1CCC(N)C(CC)C1. The normalized spacial score (nSPS) is 28.8. The van der Waals surface area contributed by atoms with E-state index in [9.17, 15) is 4.79 Å². The molecule has 3 atom stereocenters. The van der Waals surface area contributed by atoms with Crippen molar-refractivity contribution in [3.05, 3.63) is 0 Å². The number of nitrogens with two attached hydrogens (primary N) is 1. The van der Waals surface area contributed by atoms with Gasteiger partial charge in [0, 0.05) is 19.1 Å². The molecule has 0 radical (unpaired) electrons. The Labute approximate surface area is 98.1 Å². The molecule has 1 fully saturated rings. The first kappa shape index (κ1) is 13.5. The second-order valence-electron chi connectivity index (χ2n) is 4.54. The number of rotatable bonds is 4. The predicted octanol–water partition coefficient (Wildman–Crippen LogP) is 0.997. The van der Waals surface area contributed by atoms with Crippen molar-refractivity contribution < 1.29 is 9.53 Å². The molecule has 0 bridgehead atoms. The number of likely N-dealkylation sites (tertiary alicyclic amines) is 1. The van der Waals surface area contributed by atoms with Crippen LogP contribution in [0.1, 0.15) is 33.6 Å². The van der Waals surface area contributed by atoms with Crippen LogP contribution in [0.4, 0.5) is 0 Å². The molecule has 1 rings (SSSR count). The van der Waals surface area contributed by atoms with Gasteiger partial charge in [0.1, 0.15) is 6.04 Å². The van der Waals surface area contributed by atoms with Crippen molar-refractivity contribution in [3.63, 3.8) is 0 Å². The Morgan fingerprint density at radius 3 is 2.81 bits per heavy atom. The van der Waals surface area contributed by atoms with E-state index >= 15 is 0 Å². The molecule has 1 aliphatic heterocycles. The summed E-state index contributed by atoms with van der Waals surface area (Å²) in [6.45, 7) is 8.18. The summed E-state index contributed by atoms with van der Waals surface area (Å²) in [5.41, 5.74) is 6.04. The van der Waals surface area contributed by atoms with Gasteiger partial charge in [-0.1, -0.05) is 13.3 Å². The number of esters is 1. The van der Waals surface area contributed by atoms with Gasteiger partial charge in [0.25, 0.3) is 0 Å². The van der Waals surface area contributed by atoms with Crippen molar-refractivity contribution in [2.75, 3.05) is 19.7 Å². The Hall–Kier alpha value is -0.610. The van der Waals surface area contributed by atoms with Crippen LogP contribution in [0.2, 0.25) is 0 Å². The van der Waals surface area contributed by atoms with E-state index in [1.165, 1.54) is 0 Å². The molecular formula is C12H24N2O2. The van der Waals surface area contributed by atoms with Gasteiger partial charge in [-0.05, 0) is 26.2 Å². The summed E-state index contributed by atoms with van der Waals surface area (Å²) in [5.74, 6) is 0.387. The third kappa shape index (κ3) is 3.19. The number of carbonyl (C=O) groups excluding carboxylic acids is 1. The van der Waals surface area contributed by atoms with Gasteiger partial charge in [-0.3, -0.25) is 9.69 Å². The highest BCUT2D eigenvalue weighted by Crippen LogP contribution is 2.20. The lowest BCUT2D eigenvalue weighted by Gasteiger charge is -2.38. The summed E-state index contributed by atoms with van der Waals surface area (Å²) in [6, 6.07) is 0.150. The van der Waals surface area contributed by atoms with Crippen molar-refractivity contribution >= 4 is 5.97 Å². The highest BCUT2D eigenvalue weighted by molar-refractivity contribution is 5.75. The number of piperidine rings is 1. The van der Waals surface area contributed by atoms with Crippen LogP contribution in [0.15, 0.2) is 0 Å². The first-order valence-electron chi connectivity index (χ1n) is 6.26. The maximum Gasteiger partial charge on any atom is 0.323 e. The van der Waals surface area contributed by atoms with Crippen molar-refractivity contribution in [1.82, 2.24) is 4.90 Å². The minimum absolute atomic E-state index is 0.118. The van der Waals surface area contributed by atoms with Crippen molar-refractivity contribution in [2.24, 2.45) is 11.7 Å². The average molecular weight is 228 g/mol. The molecule has 0 aromatic carbocycles. The molecular weight excluding hydrogens is 204 g/mol. The molecule has 1 aliphatic rings. The molecule has 0 aliphatic carbocycles. The average Bonchev–Trinajstić information content (AvgIpc) is 2.29. The van der Waals surface area contributed by atoms with Gasteiger partial charge in [0.15, 0.2) is 0 Å². The van der Waals surface area contributed by atoms with Crippen LogP contribution in [0.25, 0.3) is 0 Å². The van der Waals surface area contributed by atoms with E-state index in [-0.39, 0.29) is 18.1 Å². The monoisotopic (exact) mass is 228 g/mol. The van der Waals surface area contributed by atoms with Gasteiger partial charge in [-0.25, -0.2) is 0 Å². The van der Waals surface area contributed by atoms with E-state index in [2.05, 4.69) is 11.8 Å². The number of ether oxygens (including phenoxy) is 1. The maximum atomic E-state index is 11.6. The van der Waals surface area contributed by atoms with Crippen LogP contribution in [0, 0.1) is 5.92 Å². The maximum absolute atomic E-state index is 11.6. The third-order valence-electron chi connectivity index (χ3n) is 3.52. The van der Waals surface area contributed by atoms with E-state index in [1.807, 2.05) is 13.8 Å². The fraction of sp³-hybridized carbons (Fsp3) is 0.917. The van der Waals surface area contributed by atoms with Crippen LogP contribution in [-0.2, 0) is 9.53 Å². The van der Waals surface area contributed by atoms with Crippen molar-refractivity contribution in [1.29, 1.82) is 0 Å². The molecule has 4 heteroatoms. The predicted molar refractivity (Wildman–Crippen MR) is 64.0 cm³/mol.